The summed E-state index contributed by atoms with van der Waals surface area (Å²) in [4.78, 5) is 26.8. The van der Waals surface area contributed by atoms with Gasteiger partial charge in [-0.2, -0.15) is 4.98 Å². The maximum Gasteiger partial charge on any atom is 0.283 e. The first-order valence-corrected chi connectivity index (χ1v) is 8.05. The number of carbonyl (C=O) groups excluding carboxylic acids is 1. The molecule has 0 saturated heterocycles. The van der Waals surface area contributed by atoms with E-state index in [1.54, 1.807) is 31.4 Å². The number of rotatable bonds is 6. The van der Waals surface area contributed by atoms with Crippen molar-refractivity contribution in [1.82, 2.24) is 15.5 Å². The van der Waals surface area contributed by atoms with E-state index in [1.165, 1.54) is 12.1 Å². The van der Waals surface area contributed by atoms with Crippen molar-refractivity contribution in [2.24, 2.45) is 0 Å². The molecule has 0 unspecified atom stereocenters. The minimum absolute atomic E-state index is 0.0816. The number of carbonyl (C=O) groups is 1. The quantitative estimate of drug-likeness (QED) is 0.508. The van der Waals surface area contributed by atoms with Crippen LogP contribution in [0.15, 0.2) is 47.0 Å². The summed E-state index contributed by atoms with van der Waals surface area (Å²) in [5.74, 6) is 0.548. The average molecular weight is 389 g/mol. The fourth-order valence-corrected chi connectivity index (χ4v) is 2.45. The lowest BCUT2D eigenvalue weighted by molar-refractivity contribution is -0.385. The fraction of sp³-hybridized carbons (Fsp3) is 0.118. The number of aromatic nitrogens is 2. The molecule has 0 radical (unpaired) electrons. The molecular formula is C17H13ClN4O5. The topological polar surface area (TPSA) is 120 Å². The Morgan fingerprint density at radius 1 is 1.30 bits per heavy atom. The van der Waals surface area contributed by atoms with Crippen LogP contribution < -0.4 is 10.1 Å². The van der Waals surface area contributed by atoms with Crippen molar-refractivity contribution in [2.75, 3.05) is 7.11 Å². The molecule has 0 spiro atoms. The molecule has 27 heavy (non-hydrogen) atoms. The molecule has 1 amide bonds. The number of halogens is 1. The van der Waals surface area contributed by atoms with Crippen LogP contribution in [0.4, 0.5) is 5.69 Å². The molecule has 3 aromatic rings. The number of amides is 1. The lowest BCUT2D eigenvalue weighted by Crippen LogP contribution is -2.23. The first-order valence-electron chi connectivity index (χ1n) is 7.67. The maximum atomic E-state index is 12.2. The van der Waals surface area contributed by atoms with Gasteiger partial charge in [-0.25, -0.2) is 0 Å². The standard InChI is InChI=1S/C17H13ClN4O5/c1-26-12-5-2-10(3-6-12)16-20-15(27-21-16)9-19-17(23)13-7-4-11(18)8-14(13)22(24)25/h2-8H,9H2,1H3,(H,19,23). The van der Waals surface area contributed by atoms with Crippen LogP contribution in [0.5, 0.6) is 5.75 Å². The van der Waals surface area contributed by atoms with Crippen molar-refractivity contribution in [3.63, 3.8) is 0 Å². The molecule has 10 heteroatoms. The van der Waals surface area contributed by atoms with Gasteiger partial charge in [0, 0.05) is 16.7 Å². The van der Waals surface area contributed by atoms with Gasteiger partial charge in [-0.1, -0.05) is 16.8 Å². The fourth-order valence-electron chi connectivity index (χ4n) is 2.28. The van der Waals surface area contributed by atoms with E-state index in [9.17, 15) is 14.9 Å². The molecule has 0 atom stereocenters. The second-order valence-corrected chi connectivity index (χ2v) is 5.78. The highest BCUT2D eigenvalue weighted by molar-refractivity contribution is 6.31. The van der Waals surface area contributed by atoms with Gasteiger partial charge in [-0.15, -0.1) is 0 Å². The molecule has 3 rings (SSSR count). The second kappa shape index (κ2) is 7.83. The van der Waals surface area contributed by atoms with E-state index >= 15 is 0 Å². The Balaban J connectivity index is 1.70. The molecule has 0 fully saturated rings. The summed E-state index contributed by atoms with van der Waals surface area (Å²) in [5.41, 5.74) is 0.217. The van der Waals surface area contributed by atoms with E-state index in [0.717, 1.165) is 6.07 Å². The van der Waals surface area contributed by atoms with Crippen molar-refractivity contribution in [1.29, 1.82) is 0 Å². The summed E-state index contributed by atoms with van der Waals surface area (Å²) in [5, 5.41) is 17.6. The van der Waals surface area contributed by atoms with Crippen LogP contribution >= 0.6 is 11.6 Å². The zero-order valence-electron chi connectivity index (χ0n) is 14.0. The van der Waals surface area contributed by atoms with Crippen molar-refractivity contribution >= 4 is 23.2 Å². The number of hydrogen-bond acceptors (Lipinski definition) is 7. The summed E-state index contributed by atoms with van der Waals surface area (Å²) < 4.78 is 10.2. The number of nitrogens with one attached hydrogen (secondary N) is 1. The van der Waals surface area contributed by atoms with Gasteiger partial charge in [-0.3, -0.25) is 14.9 Å². The highest BCUT2D eigenvalue weighted by Crippen LogP contribution is 2.23. The first kappa shape index (κ1) is 18.3. The molecule has 0 aliphatic rings. The van der Waals surface area contributed by atoms with Crippen LogP contribution in [-0.2, 0) is 6.54 Å². The summed E-state index contributed by atoms with van der Waals surface area (Å²) in [7, 11) is 1.56. The van der Waals surface area contributed by atoms with Gasteiger partial charge >= 0.3 is 0 Å². The van der Waals surface area contributed by atoms with Gasteiger partial charge < -0.3 is 14.6 Å². The normalized spacial score (nSPS) is 10.4. The molecule has 2 aromatic carbocycles. The van der Waals surface area contributed by atoms with Gasteiger partial charge in [0.2, 0.25) is 11.7 Å². The molecule has 0 aliphatic heterocycles. The van der Waals surface area contributed by atoms with Gasteiger partial charge in [0.15, 0.2) is 0 Å². The third kappa shape index (κ3) is 4.21. The maximum absolute atomic E-state index is 12.2. The zero-order chi connectivity index (χ0) is 19.4. The predicted molar refractivity (Wildman–Crippen MR) is 95.6 cm³/mol. The molecule has 0 aliphatic carbocycles. The lowest BCUT2D eigenvalue weighted by atomic mass is 10.1. The number of ether oxygens (including phenoxy) is 1. The molecule has 1 aromatic heterocycles. The smallest absolute Gasteiger partial charge is 0.283 e. The first-order chi connectivity index (χ1) is 13.0. The number of nitro groups is 1. The van der Waals surface area contributed by atoms with Crippen LogP contribution in [0.2, 0.25) is 5.02 Å². The Kier molecular flexibility index (Phi) is 5.32. The van der Waals surface area contributed by atoms with Crippen LogP contribution in [0, 0.1) is 10.1 Å². The van der Waals surface area contributed by atoms with E-state index in [4.69, 9.17) is 20.9 Å². The summed E-state index contributed by atoms with van der Waals surface area (Å²) >= 11 is 5.74. The van der Waals surface area contributed by atoms with E-state index in [-0.39, 0.29) is 28.7 Å². The monoisotopic (exact) mass is 388 g/mol. The molecule has 1 N–H and O–H groups in total. The Hall–Kier alpha value is -3.46. The second-order valence-electron chi connectivity index (χ2n) is 5.34. The van der Waals surface area contributed by atoms with Crippen LogP contribution in [-0.4, -0.2) is 28.1 Å². The van der Waals surface area contributed by atoms with E-state index < -0.39 is 10.8 Å². The highest BCUT2D eigenvalue weighted by Gasteiger charge is 2.21. The van der Waals surface area contributed by atoms with E-state index in [1.807, 2.05) is 0 Å². The molecular weight excluding hydrogens is 376 g/mol. The van der Waals surface area contributed by atoms with Crippen LogP contribution in [0.25, 0.3) is 11.4 Å². The Labute approximate surface area is 158 Å². The minimum Gasteiger partial charge on any atom is -0.497 e. The largest absolute Gasteiger partial charge is 0.497 e. The third-order valence-corrected chi connectivity index (χ3v) is 3.85. The number of hydrogen-bond donors (Lipinski definition) is 1. The molecule has 0 saturated carbocycles. The summed E-state index contributed by atoms with van der Waals surface area (Å²) in [6.45, 7) is -0.0816. The van der Waals surface area contributed by atoms with E-state index in [2.05, 4.69) is 15.5 Å². The third-order valence-electron chi connectivity index (χ3n) is 3.62. The Morgan fingerprint density at radius 2 is 2.04 bits per heavy atom. The zero-order valence-corrected chi connectivity index (χ0v) is 14.8. The van der Waals surface area contributed by atoms with Crippen molar-refractivity contribution < 1.29 is 19.0 Å². The SMILES string of the molecule is COc1ccc(-c2noc(CNC(=O)c3ccc(Cl)cc3[N+](=O)[O-])n2)cc1. The lowest BCUT2D eigenvalue weighted by Gasteiger charge is -2.04. The number of nitro benzene ring substituents is 1. The summed E-state index contributed by atoms with van der Waals surface area (Å²) in [6.07, 6.45) is 0. The minimum atomic E-state index is -0.671. The van der Waals surface area contributed by atoms with Gasteiger partial charge in [0.25, 0.3) is 11.6 Å². The van der Waals surface area contributed by atoms with Crippen molar-refractivity contribution in [3.05, 3.63) is 69.1 Å². The summed E-state index contributed by atoms with van der Waals surface area (Å²) in [6, 6.07) is 10.8. The molecule has 1 heterocycles. The van der Waals surface area contributed by atoms with Crippen LogP contribution in [0.3, 0.4) is 0 Å². The highest BCUT2D eigenvalue weighted by atomic mass is 35.5. The number of nitrogens with zero attached hydrogens (tertiary/aromatic N) is 3. The van der Waals surface area contributed by atoms with E-state index in [0.29, 0.717) is 17.1 Å². The molecule has 0 bridgehead atoms. The predicted octanol–water partition coefficient (Wildman–Crippen LogP) is 3.24. The average Bonchev–Trinajstić information content (AvgIpc) is 3.15. The molecule has 9 nitrogen and oxygen atoms in total. The van der Waals surface area contributed by atoms with Crippen molar-refractivity contribution in [2.45, 2.75) is 6.54 Å². The molecule has 138 valence electrons. The Morgan fingerprint density at radius 3 is 2.70 bits per heavy atom. The van der Waals surface area contributed by atoms with Gasteiger partial charge in [0.1, 0.15) is 11.3 Å². The Bertz CT molecular complexity index is 987. The van der Waals surface area contributed by atoms with Crippen LogP contribution in [0.1, 0.15) is 16.2 Å². The van der Waals surface area contributed by atoms with Gasteiger partial charge in [-0.05, 0) is 36.4 Å². The number of benzene rings is 2. The van der Waals surface area contributed by atoms with Crippen molar-refractivity contribution in [3.8, 4) is 17.1 Å². The van der Waals surface area contributed by atoms with Gasteiger partial charge in [0.05, 0.1) is 18.6 Å². The number of methoxy groups -OCH3 is 1.